The van der Waals surface area contributed by atoms with E-state index in [0.717, 1.165) is 13.0 Å². The van der Waals surface area contributed by atoms with Gasteiger partial charge in [0.25, 0.3) is 0 Å². The molecule has 0 bridgehead atoms. The number of rotatable bonds is 5. The largest absolute Gasteiger partial charge is 0.300 e. The molecule has 0 radical (unpaired) electrons. The summed E-state index contributed by atoms with van der Waals surface area (Å²) in [4.78, 5) is 2.57. The Labute approximate surface area is 106 Å². The van der Waals surface area contributed by atoms with Crippen LogP contribution in [-0.4, -0.2) is 35.6 Å². The zero-order valence-corrected chi connectivity index (χ0v) is 11.8. The molecule has 1 rings (SSSR count). The predicted molar refractivity (Wildman–Crippen MR) is 71.8 cm³/mol. The van der Waals surface area contributed by atoms with E-state index in [1.54, 1.807) is 0 Å². The SMILES string of the molecule is CCNC(C)(C#N)CC(C)N1CCCCC1C. The molecule has 0 aromatic rings. The molecule has 1 fully saturated rings. The first-order valence-corrected chi connectivity index (χ1v) is 6.94. The number of piperidine rings is 1. The van der Waals surface area contributed by atoms with Gasteiger partial charge in [0, 0.05) is 12.1 Å². The highest BCUT2D eigenvalue weighted by atomic mass is 15.2. The van der Waals surface area contributed by atoms with Crippen molar-refractivity contribution in [1.29, 1.82) is 5.26 Å². The summed E-state index contributed by atoms with van der Waals surface area (Å²) in [6.07, 6.45) is 4.86. The van der Waals surface area contributed by atoms with Crippen molar-refractivity contribution < 1.29 is 0 Å². The molecule has 1 N–H and O–H groups in total. The van der Waals surface area contributed by atoms with Gasteiger partial charge >= 0.3 is 0 Å². The zero-order valence-electron chi connectivity index (χ0n) is 11.8. The minimum atomic E-state index is -0.384. The van der Waals surface area contributed by atoms with Gasteiger partial charge in [-0.2, -0.15) is 5.26 Å². The summed E-state index contributed by atoms with van der Waals surface area (Å²) in [5, 5.41) is 12.6. The molecule has 3 atom stereocenters. The van der Waals surface area contributed by atoms with Crippen LogP contribution in [0, 0.1) is 11.3 Å². The summed E-state index contributed by atoms with van der Waals surface area (Å²) in [6, 6.07) is 3.58. The van der Waals surface area contributed by atoms with Crippen molar-refractivity contribution in [2.75, 3.05) is 13.1 Å². The van der Waals surface area contributed by atoms with E-state index >= 15 is 0 Å². The maximum Gasteiger partial charge on any atom is 0.105 e. The number of likely N-dealkylation sites (tertiary alicyclic amines) is 1. The molecule has 3 unspecified atom stereocenters. The second-order valence-electron chi connectivity index (χ2n) is 5.61. The van der Waals surface area contributed by atoms with E-state index in [1.807, 2.05) is 6.92 Å². The summed E-state index contributed by atoms with van der Waals surface area (Å²) in [6.45, 7) is 10.7. The lowest BCUT2D eigenvalue weighted by Gasteiger charge is -2.40. The topological polar surface area (TPSA) is 39.1 Å². The van der Waals surface area contributed by atoms with Gasteiger partial charge < -0.3 is 0 Å². The van der Waals surface area contributed by atoms with Crippen LogP contribution in [0.15, 0.2) is 0 Å². The predicted octanol–water partition coefficient (Wildman–Crippen LogP) is 2.53. The molecule has 17 heavy (non-hydrogen) atoms. The normalized spacial score (nSPS) is 27.1. The Morgan fingerprint density at radius 2 is 2.24 bits per heavy atom. The van der Waals surface area contributed by atoms with Gasteiger partial charge in [0.15, 0.2) is 0 Å². The van der Waals surface area contributed by atoms with Gasteiger partial charge in [-0.05, 0) is 53.1 Å². The zero-order chi connectivity index (χ0) is 12.9. The second kappa shape index (κ2) is 6.37. The minimum Gasteiger partial charge on any atom is -0.300 e. The molecule has 0 saturated carbocycles. The van der Waals surface area contributed by atoms with E-state index in [0.29, 0.717) is 12.1 Å². The van der Waals surface area contributed by atoms with Gasteiger partial charge in [0.1, 0.15) is 5.54 Å². The van der Waals surface area contributed by atoms with Crippen LogP contribution in [0.5, 0.6) is 0 Å². The molecule has 0 aliphatic carbocycles. The van der Waals surface area contributed by atoms with Crippen LogP contribution in [0.2, 0.25) is 0 Å². The summed E-state index contributed by atoms with van der Waals surface area (Å²) < 4.78 is 0. The highest BCUT2D eigenvalue weighted by molar-refractivity contribution is 5.05. The van der Waals surface area contributed by atoms with Gasteiger partial charge in [0.2, 0.25) is 0 Å². The smallest absolute Gasteiger partial charge is 0.105 e. The van der Waals surface area contributed by atoms with Crippen molar-refractivity contribution in [3.05, 3.63) is 0 Å². The minimum absolute atomic E-state index is 0.384. The number of nitriles is 1. The van der Waals surface area contributed by atoms with Crippen molar-refractivity contribution in [2.45, 2.75) is 71.0 Å². The van der Waals surface area contributed by atoms with Crippen molar-refractivity contribution in [3.8, 4) is 6.07 Å². The van der Waals surface area contributed by atoms with Crippen LogP contribution in [0.25, 0.3) is 0 Å². The first kappa shape index (κ1) is 14.5. The molecular formula is C14H27N3. The number of nitrogens with one attached hydrogen (secondary N) is 1. The Balaban J connectivity index is 2.57. The van der Waals surface area contributed by atoms with E-state index in [1.165, 1.54) is 25.8 Å². The number of nitrogens with zero attached hydrogens (tertiary/aromatic N) is 2. The number of hydrogen-bond acceptors (Lipinski definition) is 3. The van der Waals surface area contributed by atoms with Crippen LogP contribution in [0.1, 0.15) is 53.4 Å². The summed E-state index contributed by atoms with van der Waals surface area (Å²) in [5.41, 5.74) is -0.384. The summed E-state index contributed by atoms with van der Waals surface area (Å²) in [5.74, 6) is 0. The van der Waals surface area contributed by atoms with Gasteiger partial charge in [-0.3, -0.25) is 10.2 Å². The summed E-state index contributed by atoms with van der Waals surface area (Å²) in [7, 11) is 0. The Hall–Kier alpha value is -0.590. The maximum absolute atomic E-state index is 9.30. The van der Waals surface area contributed by atoms with Crippen LogP contribution in [0.3, 0.4) is 0 Å². The second-order valence-corrected chi connectivity index (χ2v) is 5.61. The highest BCUT2D eigenvalue weighted by Crippen LogP contribution is 2.23. The standard InChI is InChI=1S/C14H27N3/c1-5-16-14(4,11-15)10-13(3)17-9-7-6-8-12(17)2/h12-13,16H,5-10H2,1-4H3. The quantitative estimate of drug-likeness (QED) is 0.798. The fraction of sp³-hybridized carbons (Fsp3) is 0.929. The molecule has 3 heteroatoms. The molecule has 1 saturated heterocycles. The first-order chi connectivity index (χ1) is 8.02. The molecule has 1 aliphatic rings. The lowest BCUT2D eigenvalue weighted by molar-refractivity contribution is 0.0975. The molecule has 3 nitrogen and oxygen atoms in total. The highest BCUT2D eigenvalue weighted by Gasteiger charge is 2.30. The average Bonchev–Trinajstić information content (AvgIpc) is 2.29. The third kappa shape index (κ3) is 3.97. The third-order valence-corrected chi connectivity index (χ3v) is 3.94. The molecular weight excluding hydrogens is 210 g/mol. The monoisotopic (exact) mass is 237 g/mol. The van der Waals surface area contributed by atoms with Crippen LogP contribution in [-0.2, 0) is 0 Å². The van der Waals surface area contributed by atoms with Crippen molar-refractivity contribution in [2.24, 2.45) is 0 Å². The van der Waals surface area contributed by atoms with Gasteiger partial charge in [-0.1, -0.05) is 13.3 Å². The lowest BCUT2D eigenvalue weighted by atomic mass is 9.92. The van der Waals surface area contributed by atoms with E-state index in [-0.39, 0.29) is 5.54 Å². The molecule has 0 amide bonds. The van der Waals surface area contributed by atoms with Crippen molar-refractivity contribution in [3.63, 3.8) is 0 Å². The molecule has 0 spiro atoms. The average molecular weight is 237 g/mol. The van der Waals surface area contributed by atoms with E-state index < -0.39 is 0 Å². The van der Waals surface area contributed by atoms with E-state index in [2.05, 4.69) is 37.1 Å². The fourth-order valence-electron chi connectivity index (χ4n) is 3.03. The van der Waals surface area contributed by atoms with Gasteiger partial charge in [0.05, 0.1) is 6.07 Å². The van der Waals surface area contributed by atoms with Crippen LogP contribution in [0.4, 0.5) is 0 Å². The lowest BCUT2D eigenvalue weighted by Crippen LogP contribution is -2.50. The van der Waals surface area contributed by atoms with Crippen LogP contribution < -0.4 is 5.32 Å². The van der Waals surface area contributed by atoms with Crippen LogP contribution >= 0.6 is 0 Å². The van der Waals surface area contributed by atoms with Crippen molar-refractivity contribution in [1.82, 2.24) is 10.2 Å². The van der Waals surface area contributed by atoms with Gasteiger partial charge in [-0.25, -0.2) is 0 Å². The molecule has 0 aromatic heterocycles. The maximum atomic E-state index is 9.30. The Bertz CT molecular complexity index is 271. The Morgan fingerprint density at radius 3 is 2.76 bits per heavy atom. The number of hydrogen-bond donors (Lipinski definition) is 1. The first-order valence-electron chi connectivity index (χ1n) is 6.94. The molecule has 98 valence electrons. The molecule has 1 heterocycles. The van der Waals surface area contributed by atoms with Gasteiger partial charge in [-0.15, -0.1) is 0 Å². The van der Waals surface area contributed by atoms with E-state index in [4.69, 9.17) is 0 Å². The Kier molecular flexibility index (Phi) is 5.42. The summed E-state index contributed by atoms with van der Waals surface area (Å²) >= 11 is 0. The third-order valence-electron chi connectivity index (χ3n) is 3.94. The van der Waals surface area contributed by atoms with Crippen molar-refractivity contribution >= 4 is 0 Å². The molecule has 1 aliphatic heterocycles. The molecule has 0 aromatic carbocycles. The van der Waals surface area contributed by atoms with E-state index in [9.17, 15) is 5.26 Å². The Morgan fingerprint density at radius 1 is 1.53 bits per heavy atom. The fourth-order valence-corrected chi connectivity index (χ4v) is 3.03.